The zero-order chi connectivity index (χ0) is 16.8. The number of hydrogen-bond acceptors (Lipinski definition) is 0. The van der Waals surface area contributed by atoms with Crippen molar-refractivity contribution in [3.05, 3.63) is 59.7 Å². The Bertz CT molecular complexity index is 554. The van der Waals surface area contributed by atoms with Crippen molar-refractivity contribution in [3.8, 4) is 0 Å². The Morgan fingerprint density at radius 3 is 2.25 bits per heavy atom. The van der Waals surface area contributed by atoms with Gasteiger partial charge in [-0.25, -0.2) is 0 Å². The third kappa shape index (κ3) is 3.85. The molecule has 2 aliphatic rings. The molecule has 1 fully saturated rings. The maximum Gasteiger partial charge on any atom is 0.0169 e. The van der Waals surface area contributed by atoms with Gasteiger partial charge in [-0.3, -0.25) is 0 Å². The van der Waals surface area contributed by atoms with Crippen LogP contribution in [0.1, 0.15) is 88.7 Å². The van der Waals surface area contributed by atoms with E-state index in [1.807, 2.05) is 0 Å². The molecular weight excluding hydrogens is 288 g/mol. The van der Waals surface area contributed by atoms with Crippen molar-refractivity contribution in [1.82, 2.24) is 0 Å². The fourth-order valence-electron chi connectivity index (χ4n) is 4.93. The summed E-state index contributed by atoms with van der Waals surface area (Å²) >= 11 is 0. The Balaban J connectivity index is 1.69. The fraction of sp³-hybridized carbons (Fsp3) is 0.583. The van der Waals surface area contributed by atoms with Crippen molar-refractivity contribution in [2.75, 3.05) is 0 Å². The minimum absolute atomic E-state index is 0.237. The highest BCUT2D eigenvalue weighted by atomic mass is 14.3. The standard InChI is InChI=1S/C24H34/c1-3-8-20-9-11-21(12-10-20)22-13-15-23(16-14-22)24(17-4-2)18-6-5-7-19-24/h5-7,13-16,18,20-21H,3-4,8-12,17,19H2,1-2H3. The molecule has 0 N–H and O–H groups in total. The average Bonchev–Trinajstić information content (AvgIpc) is 2.64. The van der Waals surface area contributed by atoms with Crippen LogP contribution in [-0.2, 0) is 5.41 Å². The molecule has 0 amide bonds. The van der Waals surface area contributed by atoms with Crippen molar-refractivity contribution < 1.29 is 0 Å². The van der Waals surface area contributed by atoms with Crippen LogP contribution in [0.3, 0.4) is 0 Å². The van der Waals surface area contributed by atoms with Gasteiger partial charge < -0.3 is 0 Å². The molecule has 24 heavy (non-hydrogen) atoms. The van der Waals surface area contributed by atoms with Crippen molar-refractivity contribution in [1.29, 1.82) is 0 Å². The Hall–Kier alpha value is -1.30. The summed E-state index contributed by atoms with van der Waals surface area (Å²) in [5, 5.41) is 0. The number of allylic oxidation sites excluding steroid dienone is 4. The van der Waals surface area contributed by atoms with Gasteiger partial charge >= 0.3 is 0 Å². The van der Waals surface area contributed by atoms with E-state index in [9.17, 15) is 0 Å². The molecule has 0 saturated heterocycles. The minimum Gasteiger partial charge on any atom is -0.0833 e. The summed E-state index contributed by atoms with van der Waals surface area (Å²) in [5.74, 6) is 1.80. The summed E-state index contributed by atoms with van der Waals surface area (Å²) in [6, 6.07) is 9.71. The smallest absolute Gasteiger partial charge is 0.0169 e. The fourth-order valence-corrected chi connectivity index (χ4v) is 4.93. The number of hydrogen-bond donors (Lipinski definition) is 0. The van der Waals surface area contributed by atoms with Gasteiger partial charge in [0.1, 0.15) is 0 Å². The van der Waals surface area contributed by atoms with Crippen LogP contribution < -0.4 is 0 Å². The Morgan fingerprint density at radius 1 is 0.917 bits per heavy atom. The Morgan fingerprint density at radius 2 is 1.67 bits per heavy atom. The normalized spacial score (nSPS) is 29.8. The third-order valence-electron chi connectivity index (χ3n) is 6.34. The molecule has 2 aliphatic carbocycles. The zero-order valence-corrected chi connectivity index (χ0v) is 15.6. The van der Waals surface area contributed by atoms with Gasteiger partial charge in [0.05, 0.1) is 0 Å². The molecule has 1 aromatic rings. The average molecular weight is 323 g/mol. The summed E-state index contributed by atoms with van der Waals surface area (Å²) in [5.41, 5.74) is 3.32. The molecule has 0 spiro atoms. The van der Waals surface area contributed by atoms with E-state index in [1.165, 1.54) is 56.9 Å². The second-order valence-electron chi connectivity index (χ2n) is 8.03. The van der Waals surface area contributed by atoms with E-state index in [2.05, 4.69) is 62.4 Å². The first-order valence-electron chi connectivity index (χ1n) is 10.2. The molecule has 1 saturated carbocycles. The first-order chi connectivity index (χ1) is 11.8. The van der Waals surface area contributed by atoms with E-state index < -0.39 is 0 Å². The lowest BCUT2D eigenvalue weighted by Gasteiger charge is -2.33. The minimum atomic E-state index is 0.237. The van der Waals surface area contributed by atoms with Gasteiger partial charge in [-0.15, -0.1) is 0 Å². The maximum absolute atomic E-state index is 2.43. The molecule has 0 heterocycles. The first kappa shape index (κ1) is 17.5. The molecule has 0 aromatic heterocycles. The Kier molecular flexibility index (Phi) is 5.98. The highest BCUT2D eigenvalue weighted by Gasteiger charge is 2.29. The van der Waals surface area contributed by atoms with E-state index in [1.54, 1.807) is 5.56 Å². The molecule has 1 unspecified atom stereocenters. The molecule has 3 rings (SSSR count). The highest BCUT2D eigenvalue weighted by molar-refractivity contribution is 5.38. The van der Waals surface area contributed by atoms with E-state index in [-0.39, 0.29) is 5.41 Å². The van der Waals surface area contributed by atoms with Gasteiger partial charge in [0.2, 0.25) is 0 Å². The van der Waals surface area contributed by atoms with E-state index in [4.69, 9.17) is 0 Å². The third-order valence-corrected chi connectivity index (χ3v) is 6.34. The van der Waals surface area contributed by atoms with Crippen LogP contribution in [-0.4, -0.2) is 0 Å². The van der Waals surface area contributed by atoms with Crippen molar-refractivity contribution in [2.24, 2.45) is 5.92 Å². The second kappa shape index (κ2) is 8.19. The summed E-state index contributed by atoms with van der Waals surface area (Å²) in [7, 11) is 0. The molecule has 0 nitrogen and oxygen atoms in total. The van der Waals surface area contributed by atoms with Gasteiger partial charge in [-0.05, 0) is 61.5 Å². The van der Waals surface area contributed by atoms with E-state index in [0.29, 0.717) is 0 Å². The predicted octanol–water partition coefficient (Wildman–Crippen LogP) is 7.31. The lowest BCUT2D eigenvalue weighted by atomic mass is 9.71. The van der Waals surface area contributed by atoms with Crippen LogP contribution in [0.25, 0.3) is 0 Å². The van der Waals surface area contributed by atoms with Gasteiger partial charge in [-0.1, -0.05) is 81.7 Å². The van der Waals surface area contributed by atoms with Crippen LogP contribution in [0, 0.1) is 5.92 Å². The van der Waals surface area contributed by atoms with Crippen molar-refractivity contribution >= 4 is 0 Å². The highest BCUT2D eigenvalue weighted by Crippen LogP contribution is 2.40. The Labute approximate surface area is 149 Å². The summed E-state index contributed by atoms with van der Waals surface area (Å²) in [4.78, 5) is 0. The predicted molar refractivity (Wildman–Crippen MR) is 106 cm³/mol. The topological polar surface area (TPSA) is 0 Å². The van der Waals surface area contributed by atoms with Gasteiger partial charge in [0, 0.05) is 5.41 Å². The van der Waals surface area contributed by atoms with Crippen LogP contribution in [0.4, 0.5) is 0 Å². The molecule has 130 valence electrons. The molecule has 1 atom stereocenters. The van der Waals surface area contributed by atoms with E-state index >= 15 is 0 Å². The van der Waals surface area contributed by atoms with Crippen LogP contribution >= 0.6 is 0 Å². The molecule has 0 radical (unpaired) electrons. The van der Waals surface area contributed by atoms with Crippen LogP contribution in [0.2, 0.25) is 0 Å². The largest absolute Gasteiger partial charge is 0.0833 e. The lowest BCUT2D eigenvalue weighted by molar-refractivity contribution is 0.308. The molecule has 0 bridgehead atoms. The van der Waals surface area contributed by atoms with Crippen LogP contribution in [0.15, 0.2) is 48.6 Å². The van der Waals surface area contributed by atoms with Gasteiger partial charge in [0.25, 0.3) is 0 Å². The summed E-state index contributed by atoms with van der Waals surface area (Å²) in [6.07, 6.45) is 21.3. The summed E-state index contributed by atoms with van der Waals surface area (Å²) in [6.45, 7) is 4.63. The number of rotatable bonds is 6. The number of benzene rings is 1. The van der Waals surface area contributed by atoms with Gasteiger partial charge in [0.15, 0.2) is 0 Å². The first-order valence-corrected chi connectivity index (χ1v) is 10.2. The van der Waals surface area contributed by atoms with Crippen molar-refractivity contribution in [2.45, 2.75) is 83.0 Å². The molecule has 0 aliphatic heterocycles. The monoisotopic (exact) mass is 322 g/mol. The van der Waals surface area contributed by atoms with Crippen molar-refractivity contribution in [3.63, 3.8) is 0 Å². The zero-order valence-electron chi connectivity index (χ0n) is 15.6. The lowest BCUT2D eigenvalue weighted by Crippen LogP contribution is -2.24. The molecule has 1 aromatic carbocycles. The second-order valence-corrected chi connectivity index (χ2v) is 8.03. The quantitative estimate of drug-likeness (QED) is 0.515. The van der Waals surface area contributed by atoms with Gasteiger partial charge in [-0.2, -0.15) is 0 Å². The molecule has 0 heteroatoms. The molecular formula is C24H34. The van der Waals surface area contributed by atoms with E-state index in [0.717, 1.165) is 18.3 Å². The SMILES string of the molecule is CCCC1CCC(c2ccc(C3(CCC)C=CC=CC3)cc2)CC1. The summed E-state index contributed by atoms with van der Waals surface area (Å²) < 4.78 is 0. The maximum atomic E-state index is 2.43. The van der Waals surface area contributed by atoms with Crippen LogP contribution in [0.5, 0.6) is 0 Å².